The van der Waals surface area contributed by atoms with Gasteiger partial charge in [-0.2, -0.15) is 0 Å². The van der Waals surface area contributed by atoms with E-state index in [4.69, 9.17) is 10.5 Å². The molecular weight excluding hydrogens is 335 g/mol. The maximum absolute atomic E-state index is 12.4. The number of hydrogen-bond acceptors (Lipinski definition) is 3. The zero-order valence-corrected chi connectivity index (χ0v) is 13.5. The Hall–Kier alpha value is -2.90. The molecule has 0 radical (unpaired) electrons. The number of nitrogens with one attached hydrogen (secondary N) is 1. The first-order valence-electron chi connectivity index (χ1n) is 7.42. The summed E-state index contributed by atoms with van der Waals surface area (Å²) in [5.74, 6) is 0.647. The molecule has 0 unspecified atom stereocenters. The van der Waals surface area contributed by atoms with Crippen LogP contribution >= 0.6 is 0 Å². The lowest BCUT2D eigenvalue weighted by Gasteiger charge is -2.12. The third-order valence-corrected chi connectivity index (χ3v) is 3.22. The minimum Gasteiger partial charge on any atom is -0.497 e. The van der Waals surface area contributed by atoms with Crippen LogP contribution in [0.2, 0.25) is 0 Å². The Morgan fingerprint density at radius 1 is 1.12 bits per heavy atom. The highest BCUT2D eigenvalue weighted by atomic mass is 19.4. The number of aliphatic imine (C=N–C) groups is 1. The molecule has 0 heterocycles. The highest BCUT2D eigenvalue weighted by Crippen LogP contribution is 2.26. The van der Waals surface area contributed by atoms with Crippen molar-refractivity contribution in [1.82, 2.24) is 0 Å². The molecule has 2 rings (SSSR count). The number of hydrogen-bond donors (Lipinski definition) is 2. The quantitative estimate of drug-likeness (QED) is 0.615. The van der Waals surface area contributed by atoms with E-state index in [1.807, 2.05) is 0 Å². The molecule has 0 aliphatic heterocycles. The Morgan fingerprint density at radius 2 is 1.80 bits per heavy atom. The van der Waals surface area contributed by atoms with Crippen LogP contribution in [-0.4, -0.2) is 26.0 Å². The van der Waals surface area contributed by atoms with Crippen molar-refractivity contribution < 1.29 is 22.6 Å². The highest BCUT2D eigenvalue weighted by Gasteiger charge is 2.31. The molecule has 2 aromatic rings. The van der Waals surface area contributed by atoms with Crippen LogP contribution in [0.4, 0.5) is 18.9 Å². The van der Waals surface area contributed by atoms with Crippen LogP contribution < -0.4 is 20.5 Å². The average molecular weight is 353 g/mol. The van der Waals surface area contributed by atoms with Crippen molar-refractivity contribution >= 4 is 11.6 Å². The zero-order chi connectivity index (χ0) is 18.3. The smallest absolute Gasteiger partial charge is 0.497 e. The first-order chi connectivity index (χ1) is 11.9. The van der Waals surface area contributed by atoms with Crippen molar-refractivity contribution in [1.29, 1.82) is 0 Å². The van der Waals surface area contributed by atoms with Crippen molar-refractivity contribution in [2.45, 2.75) is 12.8 Å². The molecule has 0 aliphatic carbocycles. The predicted molar refractivity (Wildman–Crippen MR) is 89.9 cm³/mol. The molecule has 0 saturated carbocycles. The van der Waals surface area contributed by atoms with E-state index in [0.29, 0.717) is 11.3 Å². The van der Waals surface area contributed by atoms with E-state index in [0.717, 1.165) is 5.69 Å². The summed E-state index contributed by atoms with van der Waals surface area (Å²) in [6, 6.07) is 13.0. The Balaban J connectivity index is 1.93. The summed E-state index contributed by atoms with van der Waals surface area (Å²) in [5.41, 5.74) is 6.91. The van der Waals surface area contributed by atoms with Gasteiger partial charge in [-0.05, 0) is 42.3 Å². The highest BCUT2D eigenvalue weighted by molar-refractivity contribution is 5.92. The number of nitrogens with zero attached hydrogens (tertiary/aromatic N) is 1. The zero-order valence-electron chi connectivity index (χ0n) is 13.5. The first-order valence-corrected chi connectivity index (χ1v) is 7.42. The van der Waals surface area contributed by atoms with Crippen LogP contribution in [0.1, 0.15) is 5.56 Å². The SMILES string of the molecule is COc1ccc(NC(N)=NCCc2ccccc2OC(F)(F)F)cc1. The van der Waals surface area contributed by atoms with Gasteiger partial charge in [0.05, 0.1) is 7.11 Å². The van der Waals surface area contributed by atoms with Crippen molar-refractivity contribution in [2.24, 2.45) is 10.7 Å². The maximum Gasteiger partial charge on any atom is 0.573 e. The molecule has 0 aliphatic rings. The number of para-hydroxylation sites is 1. The molecule has 2 aromatic carbocycles. The number of rotatable bonds is 6. The molecule has 25 heavy (non-hydrogen) atoms. The lowest BCUT2D eigenvalue weighted by molar-refractivity contribution is -0.274. The molecule has 0 spiro atoms. The van der Waals surface area contributed by atoms with Crippen LogP contribution in [0.25, 0.3) is 0 Å². The second-order valence-corrected chi connectivity index (χ2v) is 5.03. The van der Waals surface area contributed by atoms with Crippen LogP contribution in [0.3, 0.4) is 0 Å². The van der Waals surface area contributed by atoms with E-state index >= 15 is 0 Å². The minimum absolute atomic E-state index is 0.166. The van der Waals surface area contributed by atoms with Gasteiger partial charge < -0.3 is 20.5 Å². The van der Waals surface area contributed by atoms with Gasteiger partial charge in [0.2, 0.25) is 0 Å². The molecule has 0 aromatic heterocycles. The summed E-state index contributed by atoms with van der Waals surface area (Å²) < 4.78 is 46.2. The molecule has 3 N–H and O–H groups in total. The normalized spacial score (nSPS) is 11.9. The number of benzene rings is 2. The van der Waals surface area contributed by atoms with Crippen molar-refractivity contribution in [2.75, 3.05) is 19.0 Å². The van der Waals surface area contributed by atoms with Gasteiger partial charge >= 0.3 is 6.36 Å². The summed E-state index contributed by atoms with van der Waals surface area (Å²) >= 11 is 0. The number of guanidine groups is 1. The van der Waals surface area contributed by atoms with E-state index in [2.05, 4.69) is 15.0 Å². The Labute approximate surface area is 143 Å². The Kier molecular flexibility index (Phi) is 6.10. The second kappa shape index (κ2) is 8.27. The monoisotopic (exact) mass is 353 g/mol. The number of anilines is 1. The summed E-state index contributed by atoms with van der Waals surface area (Å²) in [6.07, 6.45) is -4.47. The lowest BCUT2D eigenvalue weighted by Crippen LogP contribution is -2.23. The Bertz CT molecular complexity index is 716. The largest absolute Gasteiger partial charge is 0.573 e. The number of nitrogens with two attached hydrogens (primary N) is 1. The average Bonchev–Trinajstić information content (AvgIpc) is 2.56. The van der Waals surface area contributed by atoms with Gasteiger partial charge in [0.25, 0.3) is 0 Å². The summed E-state index contributed by atoms with van der Waals surface area (Å²) in [7, 11) is 1.57. The summed E-state index contributed by atoms with van der Waals surface area (Å²) in [4.78, 5) is 4.11. The third kappa shape index (κ3) is 6.25. The van der Waals surface area contributed by atoms with Gasteiger partial charge in [-0.3, -0.25) is 4.99 Å². The second-order valence-electron chi connectivity index (χ2n) is 5.03. The van der Waals surface area contributed by atoms with Gasteiger partial charge in [0.1, 0.15) is 11.5 Å². The summed E-state index contributed by atoms with van der Waals surface area (Å²) in [5, 5.41) is 2.89. The minimum atomic E-state index is -4.73. The standard InChI is InChI=1S/C17H18F3N3O2/c1-24-14-8-6-13(7-9-14)23-16(21)22-11-10-12-4-2-3-5-15(12)25-17(18,19)20/h2-9H,10-11H2,1H3,(H3,21,22,23). The molecule has 0 fully saturated rings. The fraction of sp³-hybridized carbons (Fsp3) is 0.235. The fourth-order valence-electron chi connectivity index (χ4n) is 2.09. The molecule has 0 atom stereocenters. The molecule has 134 valence electrons. The van der Waals surface area contributed by atoms with Gasteiger partial charge in [0, 0.05) is 12.2 Å². The van der Waals surface area contributed by atoms with E-state index in [-0.39, 0.29) is 24.7 Å². The van der Waals surface area contributed by atoms with Gasteiger partial charge in [0.15, 0.2) is 5.96 Å². The van der Waals surface area contributed by atoms with Crippen LogP contribution in [-0.2, 0) is 6.42 Å². The van der Waals surface area contributed by atoms with Crippen molar-refractivity contribution in [3.63, 3.8) is 0 Å². The topological polar surface area (TPSA) is 68.9 Å². The van der Waals surface area contributed by atoms with Gasteiger partial charge in [-0.1, -0.05) is 18.2 Å². The molecule has 0 bridgehead atoms. The molecule has 5 nitrogen and oxygen atoms in total. The molecular formula is C17H18F3N3O2. The van der Waals surface area contributed by atoms with Gasteiger partial charge in [-0.15, -0.1) is 13.2 Å². The number of ether oxygens (including phenoxy) is 2. The number of methoxy groups -OCH3 is 1. The van der Waals surface area contributed by atoms with Crippen LogP contribution in [0, 0.1) is 0 Å². The number of halogens is 3. The fourth-order valence-corrected chi connectivity index (χ4v) is 2.09. The van der Waals surface area contributed by atoms with Gasteiger partial charge in [-0.25, -0.2) is 0 Å². The molecule has 8 heteroatoms. The van der Waals surface area contributed by atoms with Crippen molar-refractivity contribution in [3.8, 4) is 11.5 Å². The summed E-state index contributed by atoms with van der Waals surface area (Å²) in [6.45, 7) is 0.215. The lowest BCUT2D eigenvalue weighted by atomic mass is 10.1. The third-order valence-electron chi connectivity index (χ3n) is 3.22. The van der Waals surface area contributed by atoms with E-state index in [1.54, 1.807) is 43.5 Å². The maximum atomic E-state index is 12.4. The molecule has 0 saturated heterocycles. The Morgan fingerprint density at radius 3 is 2.44 bits per heavy atom. The molecule has 0 amide bonds. The number of alkyl halides is 3. The first kappa shape index (κ1) is 18.4. The van der Waals surface area contributed by atoms with Crippen LogP contribution in [0.15, 0.2) is 53.5 Å². The van der Waals surface area contributed by atoms with Crippen LogP contribution in [0.5, 0.6) is 11.5 Å². The predicted octanol–water partition coefficient (Wildman–Crippen LogP) is 3.56. The van der Waals surface area contributed by atoms with E-state index in [1.165, 1.54) is 12.1 Å². The van der Waals surface area contributed by atoms with E-state index < -0.39 is 6.36 Å². The van der Waals surface area contributed by atoms with E-state index in [9.17, 15) is 13.2 Å². The van der Waals surface area contributed by atoms with Crippen molar-refractivity contribution in [3.05, 3.63) is 54.1 Å².